The van der Waals surface area contributed by atoms with Gasteiger partial charge >= 0.3 is 0 Å². The molecule has 3 aromatic rings. The molecule has 1 saturated carbocycles. The number of benzene rings is 3. The van der Waals surface area contributed by atoms with Gasteiger partial charge in [0.2, 0.25) is 0 Å². The van der Waals surface area contributed by atoms with Crippen LogP contribution in [0.4, 0.5) is 0 Å². The molecule has 0 aliphatic heterocycles. The summed E-state index contributed by atoms with van der Waals surface area (Å²) in [5, 5.41) is 2.59. The third kappa shape index (κ3) is 2.57. The lowest BCUT2D eigenvalue weighted by atomic mass is 9.97. The van der Waals surface area contributed by atoms with Gasteiger partial charge in [-0.25, -0.2) is 0 Å². The largest absolute Gasteiger partial charge is 0.324 e. The van der Waals surface area contributed by atoms with Crippen molar-refractivity contribution in [3.8, 4) is 0 Å². The van der Waals surface area contributed by atoms with Crippen LogP contribution in [-0.4, -0.2) is 5.54 Å². The summed E-state index contributed by atoms with van der Waals surface area (Å²) in [5.41, 5.74) is 9.23. The highest BCUT2D eigenvalue weighted by Crippen LogP contribution is 2.51. The molecular formula is C20H18BrN. The highest BCUT2D eigenvalue weighted by molar-refractivity contribution is 9.10. The van der Waals surface area contributed by atoms with E-state index in [9.17, 15) is 0 Å². The van der Waals surface area contributed by atoms with E-state index in [0.717, 1.165) is 17.3 Å². The Kier molecular flexibility index (Phi) is 3.32. The minimum absolute atomic E-state index is 0.0870. The van der Waals surface area contributed by atoms with Crippen molar-refractivity contribution < 1.29 is 0 Å². The molecule has 0 aromatic heterocycles. The average molecular weight is 352 g/mol. The van der Waals surface area contributed by atoms with Crippen LogP contribution >= 0.6 is 15.9 Å². The van der Waals surface area contributed by atoms with Crippen LogP contribution in [0.15, 0.2) is 71.2 Å². The zero-order valence-corrected chi connectivity index (χ0v) is 13.9. The SMILES string of the molecule is N[C@]1(Cc2ccc3ccccc3c2)C[C@@H]1c1ccc(Br)cc1. The predicted octanol–water partition coefficient (Wildman–Crippen LogP) is 5.03. The van der Waals surface area contributed by atoms with E-state index in [1.807, 2.05) is 0 Å². The number of fused-ring (bicyclic) bond motifs is 1. The number of hydrogen-bond acceptors (Lipinski definition) is 1. The normalized spacial score (nSPS) is 23.6. The Labute approximate surface area is 139 Å². The second kappa shape index (κ2) is 5.22. The van der Waals surface area contributed by atoms with E-state index in [1.165, 1.54) is 21.9 Å². The second-order valence-corrected chi connectivity index (χ2v) is 7.32. The van der Waals surface area contributed by atoms with Crippen LogP contribution in [-0.2, 0) is 6.42 Å². The molecule has 1 fully saturated rings. The summed E-state index contributed by atoms with van der Waals surface area (Å²) in [6.07, 6.45) is 2.01. The molecule has 2 N–H and O–H groups in total. The maximum atomic E-state index is 6.63. The molecule has 1 nitrogen and oxygen atoms in total. The lowest BCUT2D eigenvalue weighted by Crippen LogP contribution is -2.27. The van der Waals surface area contributed by atoms with Crippen molar-refractivity contribution in [2.24, 2.45) is 5.73 Å². The summed E-state index contributed by atoms with van der Waals surface area (Å²) in [6.45, 7) is 0. The first kappa shape index (κ1) is 14.0. The van der Waals surface area contributed by atoms with E-state index in [0.29, 0.717) is 5.92 Å². The molecule has 0 bridgehead atoms. The third-order valence-corrected chi connectivity index (χ3v) is 5.27. The van der Waals surface area contributed by atoms with Crippen LogP contribution in [0.2, 0.25) is 0 Å². The van der Waals surface area contributed by atoms with Crippen LogP contribution in [0.1, 0.15) is 23.5 Å². The Morgan fingerprint density at radius 3 is 2.45 bits per heavy atom. The smallest absolute Gasteiger partial charge is 0.0271 e. The molecular weight excluding hydrogens is 334 g/mol. The molecule has 3 aromatic carbocycles. The molecule has 0 saturated heterocycles. The van der Waals surface area contributed by atoms with E-state index in [4.69, 9.17) is 5.73 Å². The van der Waals surface area contributed by atoms with E-state index in [1.54, 1.807) is 0 Å². The van der Waals surface area contributed by atoms with Gasteiger partial charge in [0, 0.05) is 15.9 Å². The van der Waals surface area contributed by atoms with E-state index >= 15 is 0 Å². The molecule has 22 heavy (non-hydrogen) atoms. The Balaban J connectivity index is 1.56. The first-order valence-electron chi connectivity index (χ1n) is 7.66. The van der Waals surface area contributed by atoms with Gasteiger partial charge in [-0.3, -0.25) is 0 Å². The van der Waals surface area contributed by atoms with Gasteiger partial charge in [0.15, 0.2) is 0 Å². The fourth-order valence-corrected chi connectivity index (χ4v) is 3.65. The Morgan fingerprint density at radius 1 is 0.955 bits per heavy atom. The van der Waals surface area contributed by atoms with E-state index < -0.39 is 0 Å². The molecule has 1 aliphatic rings. The van der Waals surface area contributed by atoms with Gasteiger partial charge in [-0.2, -0.15) is 0 Å². The van der Waals surface area contributed by atoms with Gasteiger partial charge in [0.25, 0.3) is 0 Å². The molecule has 2 heteroatoms. The molecule has 2 atom stereocenters. The average Bonchev–Trinajstić information content (AvgIpc) is 3.19. The highest BCUT2D eigenvalue weighted by atomic mass is 79.9. The number of halogens is 1. The Morgan fingerprint density at radius 2 is 1.68 bits per heavy atom. The topological polar surface area (TPSA) is 26.0 Å². The third-order valence-electron chi connectivity index (χ3n) is 4.74. The maximum Gasteiger partial charge on any atom is 0.0271 e. The molecule has 0 amide bonds. The first-order chi connectivity index (χ1) is 10.6. The zero-order valence-electron chi connectivity index (χ0n) is 12.3. The fourth-order valence-electron chi connectivity index (χ4n) is 3.39. The minimum Gasteiger partial charge on any atom is -0.324 e. The summed E-state index contributed by atoms with van der Waals surface area (Å²) in [5.74, 6) is 0.479. The standard InChI is InChI=1S/C20H18BrN/c21-18-9-7-16(8-10-18)19-13-20(19,22)12-14-5-6-15-3-1-2-4-17(15)11-14/h1-11,19H,12-13,22H2/t19-,20-/m1/s1. The van der Waals surface area contributed by atoms with Gasteiger partial charge < -0.3 is 5.73 Å². The van der Waals surface area contributed by atoms with Crippen molar-refractivity contribution in [1.29, 1.82) is 0 Å². The zero-order chi connectivity index (χ0) is 15.2. The van der Waals surface area contributed by atoms with Gasteiger partial charge in [-0.05, 0) is 46.9 Å². The Bertz CT molecular complexity index is 824. The van der Waals surface area contributed by atoms with Gasteiger partial charge in [0.1, 0.15) is 0 Å². The van der Waals surface area contributed by atoms with Crippen molar-refractivity contribution in [3.63, 3.8) is 0 Å². The Hall–Kier alpha value is -1.64. The van der Waals surface area contributed by atoms with Crippen molar-refractivity contribution in [2.45, 2.75) is 24.3 Å². The summed E-state index contributed by atoms with van der Waals surface area (Å²) < 4.78 is 1.12. The monoisotopic (exact) mass is 351 g/mol. The second-order valence-electron chi connectivity index (χ2n) is 6.40. The molecule has 110 valence electrons. The van der Waals surface area contributed by atoms with Crippen LogP contribution in [0, 0.1) is 0 Å². The summed E-state index contributed by atoms with van der Waals surface area (Å²) in [7, 11) is 0. The molecule has 0 radical (unpaired) electrons. The van der Waals surface area contributed by atoms with Crippen molar-refractivity contribution in [2.75, 3.05) is 0 Å². The van der Waals surface area contributed by atoms with Crippen LogP contribution < -0.4 is 5.73 Å². The van der Waals surface area contributed by atoms with E-state index in [-0.39, 0.29) is 5.54 Å². The summed E-state index contributed by atoms with van der Waals surface area (Å²) in [6, 6.07) is 23.8. The minimum atomic E-state index is -0.0870. The first-order valence-corrected chi connectivity index (χ1v) is 8.45. The van der Waals surface area contributed by atoms with Crippen molar-refractivity contribution in [3.05, 3.63) is 82.3 Å². The van der Waals surface area contributed by atoms with Gasteiger partial charge in [0.05, 0.1) is 0 Å². The van der Waals surface area contributed by atoms with Crippen molar-refractivity contribution in [1.82, 2.24) is 0 Å². The number of rotatable bonds is 3. The summed E-state index contributed by atoms with van der Waals surface area (Å²) >= 11 is 3.49. The number of nitrogens with two attached hydrogens (primary N) is 1. The summed E-state index contributed by atoms with van der Waals surface area (Å²) in [4.78, 5) is 0. The number of hydrogen-bond donors (Lipinski definition) is 1. The van der Waals surface area contributed by atoms with E-state index in [2.05, 4.69) is 82.7 Å². The lowest BCUT2D eigenvalue weighted by Gasteiger charge is -2.13. The molecule has 1 aliphatic carbocycles. The van der Waals surface area contributed by atoms with Crippen molar-refractivity contribution >= 4 is 26.7 Å². The predicted molar refractivity (Wildman–Crippen MR) is 96.1 cm³/mol. The quantitative estimate of drug-likeness (QED) is 0.703. The van der Waals surface area contributed by atoms with Gasteiger partial charge in [-0.1, -0.05) is 70.5 Å². The van der Waals surface area contributed by atoms with Crippen LogP contribution in [0.3, 0.4) is 0 Å². The van der Waals surface area contributed by atoms with Gasteiger partial charge in [-0.15, -0.1) is 0 Å². The van der Waals surface area contributed by atoms with Crippen LogP contribution in [0.25, 0.3) is 10.8 Å². The van der Waals surface area contributed by atoms with Crippen LogP contribution in [0.5, 0.6) is 0 Å². The highest BCUT2D eigenvalue weighted by Gasteiger charge is 2.51. The maximum absolute atomic E-state index is 6.63. The molecule has 0 spiro atoms. The fraction of sp³-hybridized carbons (Fsp3) is 0.200. The molecule has 4 rings (SSSR count). The lowest BCUT2D eigenvalue weighted by molar-refractivity contribution is 0.646. The molecule has 0 heterocycles. The molecule has 0 unspecified atom stereocenters.